The van der Waals surface area contributed by atoms with Crippen LogP contribution < -0.4 is 10.6 Å². The second-order valence-electron chi connectivity index (χ2n) is 4.12. The molecule has 0 saturated carbocycles. The van der Waals surface area contributed by atoms with E-state index in [4.69, 9.17) is 23.2 Å². The lowest BCUT2D eigenvalue weighted by molar-refractivity contribution is -0.118. The van der Waals surface area contributed by atoms with E-state index < -0.39 is 0 Å². The summed E-state index contributed by atoms with van der Waals surface area (Å²) < 4.78 is 0. The number of rotatable bonds is 2. The number of halogens is 2. The van der Waals surface area contributed by atoms with E-state index in [0.717, 1.165) is 25.8 Å². The monoisotopic (exact) mass is 272 g/mol. The van der Waals surface area contributed by atoms with Gasteiger partial charge in [0, 0.05) is 5.02 Å². The van der Waals surface area contributed by atoms with Gasteiger partial charge in [0.25, 0.3) is 0 Å². The predicted octanol–water partition coefficient (Wildman–Crippen LogP) is 3.07. The molecule has 1 unspecified atom stereocenters. The normalized spacial score (nSPS) is 20.0. The number of hydrogen-bond acceptors (Lipinski definition) is 2. The van der Waals surface area contributed by atoms with Crippen LogP contribution in [0.3, 0.4) is 0 Å². The molecule has 1 atom stereocenters. The van der Waals surface area contributed by atoms with Crippen LogP contribution in [0.1, 0.15) is 19.3 Å². The van der Waals surface area contributed by atoms with Crippen molar-refractivity contribution in [2.75, 3.05) is 11.9 Å². The minimum Gasteiger partial charge on any atom is -0.323 e. The summed E-state index contributed by atoms with van der Waals surface area (Å²) >= 11 is 11.8. The molecule has 0 spiro atoms. The summed E-state index contributed by atoms with van der Waals surface area (Å²) in [4.78, 5) is 12.0. The number of nitrogens with one attached hydrogen (secondary N) is 2. The molecule has 0 aromatic heterocycles. The molecule has 5 heteroatoms. The molecular weight excluding hydrogens is 259 g/mol. The van der Waals surface area contributed by atoms with E-state index in [1.165, 1.54) is 0 Å². The van der Waals surface area contributed by atoms with E-state index in [-0.39, 0.29) is 11.9 Å². The van der Waals surface area contributed by atoms with Gasteiger partial charge in [0.05, 0.1) is 16.8 Å². The quantitative estimate of drug-likeness (QED) is 0.869. The Balaban J connectivity index is 2.04. The molecule has 1 aliphatic rings. The Morgan fingerprint density at radius 3 is 2.88 bits per heavy atom. The van der Waals surface area contributed by atoms with Crippen molar-refractivity contribution in [1.82, 2.24) is 5.32 Å². The zero-order chi connectivity index (χ0) is 12.3. The van der Waals surface area contributed by atoms with Crippen LogP contribution in [0.5, 0.6) is 0 Å². The molecule has 17 heavy (non-hydrogen) atoms. The van der Waals surface area contributed by atoms with Crippen molar-refractivity contribution < 1.29 is 4.79 Å². The third kappa shape index (κ3) is 3.35. The highest BCUT2D eigenvalue weighted by Crippen LogP contribution is 2.25. The molecule has 1 saturated heterocycles. The Morgan fingerprint density at radius 1 is 1.35 bits per heavy atom. The van der Waals surface area contributed by atoms with Crippen molar-refractivity contribution in [1.29, 1.82) is 0 Å². The Labute approximate surface area is 110 Å². The van der Waals surface area contributed by atoms with Gasteiger partial charge >= 0.3 is 0 Å². The first-order chi connectivity index (χ1) is 8.16. The van der Waals surface area contributed by atoms with Crippen LogP contribution >= 0.6 is 23.2 Å². The minimum atomic E-state index is -0.126. The van der Waals surface area contributed by atoms with Gasteiger partial charge in [-0.1, -0.05) is 29.6 Å². The Hall–Kier alpha value is -0.770. The summed E-state index contributed by atoms with van der Waals surface area (Å²) in [6.45, 7) is 0.890. The predicted molar refractivity (Wildman–Crippen MR) is 70.7 cm³/mol. The highest BCUT2D eigenvalue weighted by Gasteiger charge is 2.20. The first-order valence-electron chi connectivity index (χ1n) is 5.66. The molecule has 1 aromatic rings. The summed E-state index contributed by atoms with van der Waals surface area (Å²) in [5.74, 6) is -0.0473. The SMILES string of the molecule is O=C(Nc1cc(Cl)ccc1Cl)C1CCCCN1. The standard InChI is InChI=1S/C12H14Cl2N2O/c13-8-4-5-9(14)11(7-8)16-12(17)10-3-1-2-6-15-10/h4-5,7,10,15H,1-3,6H2,(H,16,17). The lowest BCUT2D eigenvalue weighted by Gasteiger charge is -2.22. The van der Waals surface area contributed by atoms with Crippen LogP contribution in [0.2, 0.25) is 10.0 Å². The Morgan fingerprint density at radius 2 is 2.18 bits per heavy atom. The number of benzene rings is 1. The molecule has 2 N–H and O–H groups in total. The maximum absolute atomic E-state index is 12.0. The zero-order valence-corrected chi connectivity index (χ0v) is 10.8. The summed E-state index contributed by atoms with van der Waals surface area (Å²) in [5.41, 5.74) is 0.566. The Kier molecular flexibility index (Phi) is 4.26. The van der Waals surface area contributed by atoms with E-state index >= 15 is 0 Å². The molecule has 1 heterocycles. The van der Waals surface area contributed by atoms with Crippen molar-refractivity contribution in [3.63, 3.8) is 0 Å². The molecule has 2 rings (SSSR count). The molecule has 0 radical (unpaired) electrons. The molecule has 1 fully saturated rings. The molecular formula is C12H14Cl2N2O. The number of piperidine rings is 1. The topological polar surface area (TPSA) is 41.1 Å². The average Bonchev–Trinajstić information content (AvgIpc) is 2.35. The lowest BCUT2D eigenvalue weighted by Crippen LogP contribution is -2.43. The summed E-state index contributed by atoms with van der Waals surface area (Å²) in [5, 5.41) is 7.04. The second kappa shape index (κ2) is 5.71. The first kappa shape index (κ1) is 12.7. The number of hydrogen-bond donors (Lipinski definition) is 2. The van der Waals surface area contributed by atoms with Crippen molar-refractivity contribution in [3.05, 3.63) is 28.2 Å². The second-order valence-corrected chi connectivity index (χ2v) is 4.96. The van der Waals surface area contributed by atoms with E-state index in [1.807, 2.05) is 0 Å². The lowest BCUT2D eigenvalue weighted by atomic mass is 10.0. The molecule has 1 amide bonds. The fraction of sp³-hybridized carbons (Fsp3) is 0.417. The van der Waals surface area contributed by atoms with Gasteiger partial charge in [-0.25, -0.2) is 0 Å². The van der Waals surface area contributed by atoms with Crippen LogP contribution in [0.25, 0.3) is 0 Å². The van der Waals surface area contributed by atoms with Gasteiger partial charge in [-0.05, 0) is 37.6 Å². The van der Waals surface area contributed by atoms with Crippen LogP contribution in [0.15, 0.2) is 18.2 Å². The molecule has 1 aromatic carbocycles. The number of amides is 1. The third-order valence-corrected chi connectivity index (χ3v) is 3.38. The fourth-order valence-electron chi connectivity index (χ4n) is 1.89. The Bertz CT molecular complexity index is 417. The van der Waals surface area contributed by atoms with Gasteiger partial charge < -0.3 is 10.6 Å². The van der Waals surface area contributed by atoms with Gasteiger partial charge in [-0.15, -0.1) is 0 Å². The van der Waals surface area contributed by atoms with Crippen molar-refractivity contribution in [2.24, 2.45) is 0 Å². The molecule has 92 valence electrons. The van der Waals surface area contributed by atoms with Crippen LogP contribution in [-0.4, -0.2) is 18.5 Å². The highest BCUT2D eigenvalue weighted by molar-refractivity contribution is 6.35. The van der Waals surface area contributed by atoms with Gasteiger partial charge in [0.1, 0.15) is 0 Å². The van der Waals surface area contributed by atoms with Gasteiger partial charge in [0.2, 0.25) is 5.91 Å². The van der Waals surface area contributed by atoms with Crippen molar-refractivity contribution >= 4 is 34.8 Å². The molecule has 0 bridgehead atoms. The molecule has 3 nitrogen and oxygen atoms in total. The fourth-order valence-corrected chi connectivity index (χ4v) is 2.23. The minimum absolute atomic E-state index is 0.0473. The number of anilines is 1. The maximum Gasteiger partial charge on any atom is 0.241 e. The highest BCUT2D eigenvalue weighted by atomic mass is 35.5. The zero-order valence-electron chi connectivity index (χ0n) is 9.30. The molecule has 1 aliphatic heterocycles. The van der Waals surface area contributed by atoms with Gasteiger partial charge in [0.15, 0.2) is 0 Å². The summed E-state index contributed by atoms with van der Waals surface area (Å²) in [6, 6.07) is 4.90. The number of carbonyl (C=O) groups is 1. The van der Waals surface area contributed by atoms with Crippen LogP contribution in [-0.2, 0) is 4.79 Å². The maximum atomic E-state index is 12.0. The smallest absolute Gasteiger partial charge is 0.241 e. The van der Waals surface area contributed by atoms with Crippen LogP contribution in [0, 0.1) is 0 Å². The summed E-state index contributed by atoms with van der Waals surface area (Å²) in [7, 11) is 0. The largest absolute Gasteiger partial charge is 0.323 e. The van der Waals surface area contributed by atoms with E-state index in [2.05, 4.69) is 10.6 Å². The summed E-state index contributed by atoms with van der Waals surface area (Å²) in [6.07, 6.45) is 3.07. The van der Waals surface area contributed by atoms with E-state index in [1.54, 1.807) is 18.2 Å². The van der Waals surface area contributed by atoms with Crippen LogP contribution in [0.4, 0.5) is 5.69 Å². The van der Waals surface area contributed by atoms with Crippen molar-refractivity contribution in [3.8, 4) is 0 Å². The first-order valence-corrected chi connectivity index (χ1v) is 6.42. The third-order valence-electron chi connectivity index (χ3n) is 2.81. The van der Waals surface area contributed by atoms with E-state index in [0.29, 0.717) is 15.7 Å². The molecule has 0 aliphatic carbocycles. The average molecular weight is 273 g/mol. The van der Waals surface area contributed by atoms with Gasteiger partial charge in [-0.2, -0.15) is 0 Å². The van der Waals surface area contributed by atoms with Gasteiger partial charge in [-0.3, -0.25) is 4.79 Å². The van der Waals surface area contributed by atoms with E-state index in [9.17, 15) is 4.79 Å². The van der Waals surface area contributed by atoms with Crippen molar-refractivity contribution in [2.45, 2.75) is 25.3 Å². The number of carbonyl (C=O) groups excluding carboxylic acids is 1.